The summed E-state index contributed by atoms with van der Waals surface area (Å²) < 4.78 is 0. The third-order valence-electron chi connectivity index (χ3n) is 5.44. The standard InChI is InChI=1S/C27H29N3S/c1-2-3-4-5-6-7-12-21-17-27(31-20-21)22-18-25(23-13-8-10-15-28-23)30-26(19-22)24-14-9-11-16-29-24/h8-11,13-20H,2-7,12H2,1H3. The van der Waals surface area contributed by atoms with Crippen LogP contribution in [0, 0.1) is 0 Å². The van der Waals surface area contributed by atoms with Gasteiger partial charge in [-0.05, 0) is 71.8 Å². The van der Waals surface area contributed by atoms with Crippen molar-refractivity contribution in [2.75, 3.05) is 0 Å². The lowest BCUT2D eigenvalue weighted by Crippen LogP contribution is -1.93. The molecule has 4 heteroatoms. The van der Waals surface area contributed by atoms with Crippen LogP contribution in [0.25, 0.3) is 33.2 Å². The number of aromatic nitrogens is 3. The van der Waals surface area contributed by atoms with Crippen molar-refractivity contribution in [3.63, 3.8) is 0 Å². The predicted molar refractivity (Wildman–Crippen MR) is 131 cm³/mol. The Hall–Kier alpha value is -2.85. The molecule has 0 saturated carbocycles. The van der Waals surface area contributed by atoms with Gasteiger partial charge in [-0.25, -0.2) is 4.98 Å². The van der Waals surface area contributed by atoms with E-state index in [2.05, 4.69) is 40.5 Å². The second-order valence-corrected chi connectivity index (χ2v) is 8.80. The lowest BCUT2D eigenvalue weighted by atomic mass is 10.0. The maximum atomic E-state index is 4.87. The van der Waals surface area contributed by atoms with Crippen LogP contribution >= 0.6 is 11.3 Å². The van der Waals surface area contributed by atoms with Gasteiger partial charge in [0.05, 0.1) is 22.8 Å². The highest BCUT2D eigenvalue weighted by Crippen LogP contribution is 2.33. The quantitative estimate of drug-likeness (QED) is 0.242. The third-order valence-corrected chi connectivity index (χ3v) is 6.47. The molecule has 0 fully saturated rings. The molecule has 4 rings (SSSR count). The zero-order chi connectivity index (χ0) is 21.3. The highest BCUT2D eigenvalue weighted by molar-refractivity contribution is 7.13. The lowest BCUT2D eigenvalue weighted by molar-refractivity contribution is 0.608. The van der Waals surface area contributed by atoms with Gasteiger partial charge in [-0.3, -0.25) is 9.97 Å². The summed E-state index contributed by atoms with van der Waals surface area (Å²) in [6, 6.07) is 18.5. The number of hydrogen-bond acceptors (Lipinski definition) is 4. The number of pyridine rings is 3. The SMILES string of the molecule is CCCCCCCCc1csc(-c2cc(-c3ccccn3)nc(-c3ccccn3)c2)c1. The number of nitrogens with zero attached hydrogens (tertiary/aromatic N) is 3. The van der Waals surface area contributed by atoms with Gasteiger partial charge in [0, 0.05) is 17.3 Å². The molecular formula is C27H29N3S. The highest BCUT2D eigenvalue weighted by Gasteiger charge is 2.11. The first-order chi connectivity index (χ1) is 15.3. The van der Waals surface area contributed by atoms with E-state index in [1.807, 2.05) is 60.1 Å². The highest BCUT2D eigenvalue weighted by atomic mass is 32.1. The average Bonchev–Trinajstić information content (AvgIpc) is 3.31. The van der Waals surface area contributed by atoms with Gasteiger partial charge in [0.1, 0.15) is 0 Å². The molecular weight excluding hydrogens is 398 g/mol. The van der Waals surface area contributed by atoms with E-state index in [-0.39, 0.29) is 0 Å². The first-order valence-electron chi connectivity index (χ1n) is 11.3. The summed E-state index contributed by atoms with van der Waals surface area (Å²) in [6.07, 6.45) is 12.8. The van der Waals surface area contributed by atoms with Gasteiger partial charge < -0.3 is 0 Å². The van der Waals surface area contributed by atoms with Crippen molar-refractivity contribution in [2.24, 2.45) is 0 Å². The maximum Gasteiger partial charge on any atom is 0.0900 e. The van der Waals surface area contributed by atoms with Crippen molar-refractivity contribution in [2.45, 2.75) is 51.9 Å². The van der Waals surface area contributed by atoms with E-state index in [4.69, 9.17) is 4.98 Å². The summed E-state index contributed by atoms with van der Waals surface area (Å²) >= 11 is 1.81. The molecule has 31 heavy (non-hydrogen) atoms. The Bertz CT molecular complexity index is 1020. The summed E-state index contributed by atoms with van der Waals surface area (Å²) in [7, 11) is 0. The van der Waals surface area contributed by atoms with E-state index >= 15 is 0 Å². The van der Waals surface area contributed by atoms with Gasteiger partial charge >= 0.3 is 0 Å². The molecule has 0 aliphatic heterocycles. The van der Waals surface area contributed by atoms with Crippen molar-refractivity contribution in [1.82, 2.24) is 15.0 Å². The van der Waals surface area contributed by atoms with Crippen LogP contribution in [0.4, 0.5) is 0 Å². The molecule has 0 aromatic carbocycles. The van der Waals surface area contributed by atoms with Gasteiger partial charge in [0.25, 0.3) is 0 Å². The second kappa shape index (κ2) is 11.0. The van der Waals surface area contributed by atoms with E-state index in [0.29, 0.717) is 0 Å². The molecule has 0 N–H and O–H groups in total. The lowest BCUT2D eigenvalue weighted by Gasteiger charge is -2.08. The number of hydrogen-bond donors (Lipinski definition) is 0. The van der Waals surface area contributed by atoms with Crippen LogP contribution in [0.15, 0.2) is 72.4 Å². The minimum absolute atomic E-state index is 0.879. The molecule has 0 aliphatic carbocycles. The summed E-state index contributed by atoms with van der Waals surface area (Å²) in [6.45, 7) is 2.27. The largest absolute Gasteiger partial charge is 0.255 e. The average molecular weight is 428 g/mol. The third kappa shape index (κ3) is 5.86. The molecule has 0 aliphatic rings. The number of unbranched alkanes of at least 4 members (excludes halogenated alkanes) is 5. The zero-order valence-electron chi connectivity index (χ0n) is 18.1. The van der Waals surface area contributed by atoms with Crippen LogP contribution < -0.4 is 0 Å². The van der Waals surface area contributed by atoms with Crippen molar-refractivity contribution in [1.29, 1.82) is 0 Å². The Morgan fingerprint density at radius 3 is 1.97 bits per heavy atom. The van der Waals surface area contributed by atoms with Crippen LogP contribution in [0.3, 0.4) is 0 Å². The van der Waals surface area contributed by atoms with Crippen LogP contribution in [0.2, 0.25) is 0 Å². The Balaban J connectivity index is 1.57. The van der Waals surface area contributed by atoms with Gasteiger partial charge in [0.15, 0.2) is 0 Å². The number of aryl methyl sites for hydroxylation is 1. The molecule has 3 nitrogen and oxygen atoms in total. The summed E-state index contributed by atoms with van der Waals surface area (Å²) in [4.78, 5) is 15.2. The van der Waals surface area contributed by atoms with Crippen molar-refractivity contribution >= 4 is 11.3 Å². The minimum Gasteiger partial charge on any atom is -0.255 e. The molecule has 0 saturated heterocycles. The fourth-order valence-electron chi connectivity index (χ4n) is 3.73. The Labute approximate surface area is 189 Å². The molecule has 158 valence electrons. The fraction of sp³-hybridized carbons (Fsp3) is 0.296. The van der Waals surface area contributed by atoms with Crippen LogP contribution in [-0.4, -0.2) is 15.0 Å². The molecule has 0 radical (unpaired) electrons. The van der Waals surface area contributed by atoms with Crippen LogP contribution in [-0.2, 0) is 6.42 Å². The summed E-state index contributed by atoms with van der Waals surface area (Å²) in [5.41, 5.74) is 6.13. The van der Waals surface area contributed by atoms with Crippen LogP contribution in [0.5, 0.6) is 0 Å². The normalized spacial score (nSPS) is 11.0. The molecule has 4 aromatic rings. The monoisotopic (exact) mass is 427 g/mol. The zero-order valence-corrected chi connectivity index (χ0v) is 18.9. The molecule has 4 heterocycles. The molecule has 4 aromatic heterocycles. The van der Waals surface area contributed by atoms with E-state index in [0.717, 1.165) is 29.2 Å². The minimum atomic E-state index is 0.879. The fourth-order valence-corrected chi connectivity index (χ4v) is 4.67. The Kier molecular flexibility index (Phi) is 7.56. The van der Waals surface area contributed by atoms with Crippen molar-refractivity contribution in [3.8, 4) is 33.2 Å². The molecule has 0 unspecified atom stereocenters. The van der Waals surface area contributed by atoms with E-state index in [9.17, 15) is 0 Å². The second-order valence-electron chi connectivity index (χ2n) is 7.89. The van der Waals surface area contributed by atoms with E-state index in [1.165, 1.54) is 54.5 Å². The van der Waals surface area contributed by atoms with Gasteiger partial charge in [-0.15, -0.1) is 11.3 Å². The summed E-state index contributed by atoms with van der Waals surface area (Å²) in [5, 5.41) is 2.31. The van der Waals surface area contributed by atoms with Crippen molar-refractivity contribution < 1.29 is 0 Å². The molecule has 0 spiro atoms. The first-order valence-corrected chi connectivity index (χ1v) is 12.1. The topological polar surface area (TPSA) is 38.7 Å². The molecule has 0 bridgehead atoms. The molecule has 0 atom stereocenters. The number of thiophene rings is 1. The van der Waals surface area contributed by atoms with Crippen molar-refractivity contribution in [3.05, 3.63) is 77.9 Å². The number of rotatable bonds is 10. The Morgan fingerprint density at radius 1 is 0.710 bits per heavy atom. The van der Waals surface area contributed by atoms with E-state index < -0.39 is 0 Å². The smallest absolute Gasteiger partial charge is 0.0900 e. The van der Waals surface area contributed by atoms with Gasteiger partial charge in [-0.2, -0.15) is 0 Å². The first kappa shape index (κ1) is 21.4. The van der Waals surface area contributed by atoms with E-state index in [1.54, 1.807) is 0 Å². The maximum absolute atomic E-state index is 4.87. The van der Waals surface area contributed by atoms with Gasteiger partial charge in [-0.1, -0.05) is 51.2 Å². The predicted octanol–water partition coefficient (Wildman–Crippen LogP) is 7.84. The molecule has 0 amide bonds. The van der Waals surface area contributed by atoms with Gasteiger partial charge in [0.2, 0.25) is 0 Å². The van der Waals surface area contributed by atoms with Crippen LogP contribution in [0.1, 0.15) is 51.0 Å². The Morgan fingerprint density at radius 2 is 1.35 bits per heavy atom. The summed E-state index contributed by atoms with van der Waals surface area (Å²) in [5.74, 6) is 0.